The van der Waals surface area contributed by atoms with Gasteiger partial charge in [-0.3, -0.25) is 9.88 Å². The minimum Gasteiger partial charge on any atom is -0.396 e. The maximum Gasteiger partial charge on any atom is 0.0544 e. The molecule has 1 N–H and O–H groups in total. The number of aromatic nitrogens is 1. The average Bonchev–Trinajstić information content (AvgIpc) is 2.13. The van der Waals surface area contributed by atoms with E-state index in [2.05, 4.69) is 25.8 Å². The highest BCUT2D eigenvalue weighted by Gasteiger charge is 2.25. The number of hydrogen-bond acceptors (Lipinski definition) is 3. The fraction of sp³-hybridized carbons (Fsp3) is 0.500. The van der Waals surface area contributed by atoms with Gasteiger partial charge in [0.1, 0.15) is 0 Å². The highest BCUT2D eigenvalue weighted by molar-refractivity contribution is 9.10. The summed E-state index contributed by atoms with van der Waals surface area (Å²) in [4.78, 5) is 6.59. The summed E-state index contributed by atoms with van der Waals surface area (Å²) in [5.41, 5.74) is 1.09. The van der Waals surface area contributed by atoms with E-state index in [1.54, 1.807) is 0 Å². The van der Waals surface area contributed by atoms with E-state index in [0.29, 0.717) is 12.5 Å². The normalized spacial score (nSPS) is 18.1. The zero-order valence-electron chi connectivity index (χ0n) is 7.86. The summed E-state index contributed by atoms with van der Waals surface area (Å²) in [6.45, 7) is 3.19. The Labute approximate surface area is 91.9 Å². The van der Waals surface area contributed by atoms with Crippen molar-refractivity contribution in [2.45, 2.75) is 6.54 Å². The second kappa shape index (κ2) is 4.38. The Morgan fingerprint density at radius 2 is 2.29 bits per heavy atom. The lowest BCUT2D eigenvalue weighted by atomic mass is 10.0. The minimum atomic E-state index is 0.310. The van der Waals surface area contributed by atoms with E-state index in [1.807, 2.05) is 18.3 Å². The fourth-order valence-electron chi connectivity index (χ4n) is 1.65. The van der Waals surface area contributed by atoms with Crippen LogP contribution in [0, 0.1) is 5.92 Å². The Balaban J connectivity index is 1.84. The average molecular weight is 257 g/mol. The Morgan fingerprint density at radius 3 is 2.86 bits per heavy atom. The van der Waals surface area contributed by atoms with E-state index in [9.17, 15) is 0 Å². The third-order valence-electron chi connectivity index (χ3n) is 2.47. The molecule has 0 aliphatic carbocycles. The van der Waals surface area contributed by atoms with Crippen molar-refractivity contribution in [3.63, 3.8) is 0 Å². The van der Waals surface area contributed by atoms with Gasteiger partial charge in [-0.05, 0) is 28.1 Å². The molecule has 1 aromatic rings. The maximum atomic E-state index is 8.86. The van der Waals surface area contributed by atoms with Gasteiger partial charge in [-0.15, -0.1) is 0 Å². The predicted octanol–water partition coefficient (Wildman–Crippen LogP) is 1.27. The van der Waals surface area contributed by atoms with E-state index in [1.165, 1.54) is 0 Å². The highest BCUT2D eigenvalue weighted by Crippen LogP contribution is 2.17. The first kappa shape index (κ1) is 10.1. The standard InChI is InChI=1S/C10H13BrN2O/c11-9-1-2-10(12-3-9)6-13-4-8(5-13)7-14/h1-3,8,14H,4-7H2. The monoisotopic (exact) mass is 256 g/mol. The summed E-state index contributed by atoms with van der Waals surface area (Å²) in [5, 5.41) is 8.86. The minimum absolute atomic E-state index is 0.310. The zero-order valence-corrected chi connectivity index (χ0v) is 9.44. The Bertz CT molecular complexity index is 295. The van der Waals surface area contributed by atoms with Crippen LogP contribution in [0.25, 0.3) is 0 Å². The molecule has 0 amide bonds. The quantitative estimate of drug-likeness (QED) is 0.885. The Kier molecular flexibility index (Phi) is 3.15. The first-order chi connectivity index (χ1) is 6.78. The lowest BCUT2D eigenvalue weighted by Crippen LogP contribution is -2.47. The van der Waals surface area contributed by atoms with Crippen LogP contribution in [0.1, 0.15) is 5.69 Å². The van der Waals surface area contributed by atoms with Crippen molar-refractivity contribution in [2.75, 3.05) is 19.7 Å². The number of aliphatic hydroxyl groups excluding tert-OH is 1. The first-order valence-electron chi connectivity index (χ1n) is 4.71. The van der Waals surface area contributed by atoms with E-state index in [0.717, 1.165) is 29.8 Å². The number of hydrogen-bond donors (Lipinski definition) is 1. The summed E-state index contributed by atoms with van der Waals surface area (Å²) in [6, 6.07) is 4.03. The van der Waals surface area contributed by atoms with Crippen molar-refractivity contribution in [3.8, 4) is 0 Å². The maximum absolute atomic E-state index is 8.86. The van der Waals surface area contributed by atoms with Gasteiger partial charge in [0.2, 0.25) is 0 Å². The first-order valence-corrected chi connectivity index (χ1v) is 5.51. The van der Waals surface area contributed by atoms with Gasteiger partial charge in [-0.1, -0.05) is 0 Å². The fourth-order valence-corrected chi connectivity index (χ4v) is 1.89. The molecule has 0 saturated carbocycles. The van der Waals surface area contributed by atoms with Crippen LogP contribution >= 0.6 is 15.9 Å². The largest absolute Gasteiger partial charge is 0.396 e. The Hall–Kier alpha value is -0.450. The predicted molar refractivity (Wildman–Crippen MR) is 57.8 cm³/mol. The number of nitrogens with zero attached hydrogens (tertiary/aromatic N) is 2. The molecule has 1 aliphatic heterocycles. The molecule has 76 valence electrons. The van der Waals surface area contributed by atoms with E-state index in [-0.39, 0.29) is 0 Å². The second-order valence-electron chi connectivity index (χ2n) is 3.71. The summed E-state index contributed by atoms with van der Waals surface area (Å²) in [6.07, 6.45) is 1.82. The van der Waals surface area contributed by atoms with Crippen molar-refractivity contribution in [1.29, 1.82) is 0 Å². The van der Waals surface area contributed by atoms with Gasteiger partial charge in [-0.2, -0.15) is 0 Å². The molecule has 0 aromatic carbocycles. The lowest BCUT2D eigenvalue weighted by molar-refractivity contribution is 0.0470. The summed E-state index contributed by atoms with van der Waals surface area (Å²) in [5.74, 6) is 0.477. The molecule has 0 atom stereocenters. The van der Waals surface area contributed by atoms with E-state index < -0.39 is 0 Å². The van der Waals surface area contributed by atoms with Crippen LogP contribution in [0.4, 0.5) is 0 Å². The molecule has 1 aliphatic rings. The lowest BCUT2D eigenvalue weighted by Gasteiger charge is -2.37. The van der Waals surface area contributed by atoms with Gasteiger partial charge >= 0.3 is 0 Å². The SMILES string of the molecule is OCC1CN(Cc2ccc(Br)cn2)C1. The van der Waals surface area contributed by atoms with Crippen LogP contribution in [-0.2, 0) is 6.54 Å². The van der Waals surface area contributed by atoms with Crippen LogP contribution in [0.2, 0.25) is 0 Å². The van der Waals surface area contributed by atoms with Crippen molar-refractivity contribution >= 4 is 15.9 Å². The topological polar surface area (TPSA) is 36.4 Å². The van der Waals surface area contributed by atoms with Crippen LogP contribution in [0.3, 0.4) is 0 Å². The smallest absolute Gasteiger partial charge is 0.0544 e. The summed E-state index contributed by atoms with van der Waals surface area (Å²) in [7, 11) is 0. The third-order valence-corrected chi connectivity index (χ3v) is 2.93. The van der Waals surface area contributed by atoms with Crippen LogP contribution in [0.15, 0.2) is 22.8 Å². The number of halogens is 1. The zero-order chi connectivity index (χ0) is 9.97. The van der Waals surface area contributed by atoms with Crippen LogP contribution < -0.4 is 0 Å². The van der Waals surface area contributed by atoms with Gasteiger partial charge in [0.05, 0.1) is 5.69 Å². The molecule has 2 rings (SSSR count). The molecule has 0 unspecified atom stereocenters. The molecule has 1 saturated heterocycles. The molecular weight excluding hydrogens is 244 g/mol. The molecule has 14 heavy (non-hydrogen) atoms. The molecule has 0 bridgehead atoms. The van der Waals surface area contributed by atoms with E-state index in [4.69, 9.17) is 5.11 Å². The third kappa shape index (κ3) is 2.32. The summed E-state index contributed by atoms with van der Waals surface area (Å²) < 4.78 is 1.01. The number of pyridine rings is 1. The number of rotatable bonds is 3. The van der Waals surface area contributed by atoms with Gasteiger partial charge in [-0.25, -0.2) is 0 Å². The molecule has 1 aromatic heterocycles. The van der Waals surface area contributed by atoms with Crippen molar-refractivity contribution in [2.24, 2.45) is 5.92 Å². The molecule has 0 spiro atoms. The second-order valence-corrected chi connectivity index (χ2v) is 4.63. The molecule has 2 heterocycles. The number of aliphatic hydroxyl groups is 1. The highest BCUT2D eigenvalue weighted by atomic mass is 79.9. The number of likely N-dealkylation sites (tertiary alicyclic amines) is 1. The van der Waals surface area contributed by atoms with E-state index >= 15 is 0 Å². The molecular formula is C10H13BrN2O. The van der Waals surface area contributed by atoms with Crippen molar-refractivity contribution in [1.82, 2.24) is 9.88 Å². The molecule has 3 nitrogen and oxygen atoms in total. The molecule has 1 fully saturated rings. The van der Waals surface area contributed by atoms with Gasteiger partial charge in [0, 0.05) is 42.8 Å². The van der Waals surface area contributed by atoms with Gasteiger partial charge < -0.3 is 5.11 Å². The molecule has 4 heteroatoms. The molecule has 0 radical (unpaired) electrons. The van der Waals surface area contributed by atoms with Crippen LogP contribution in [0.5, 0.6) is 0 Å². The van der Waals surface area contributed by atoms with Gasteiger partial charge in [0.15, 0.2) is 0 Å². The van der Waals surface area contributed by atoms with Gasteiger partial charge in [0.25, 0.3) is 0 Å². The van der Waals surface area contributed by atoms with Crippen molar-refractivity contribution in [3.05, 3.63) is 28.5 Å². The Morgan fingerprint density at radius 1 is 1.50 bits per heavy atom. The summed E-state index contributed by atoms with van der Waals surface area (Å²) >= 11 is 3.35. The van der Waals surface area contributed by atoms with Crippen LogP contribution in [-0.4, -0.2) is 34.7 Å². The van der Waals surface area contributed by atoms with Crippen molar-refractivity contribution < 1.29 is 5.11 Å².